The third-order valence-corrected chi connectivity index (χ3v) is 3.79. The van der Waals surface area contributed by atoms with E-state index in [2.05, 4.69) is 11.9 Å². The maximum Gasteiger partial charge on any atom is 0.141 e. The zero-order valence-corrected chi connectivity index (χ0v) is 10.3. The molecule has 1 aromatic rings. The molecule has 94 valence electrons. The summed E-state index contributed by atoms with van der Waals surface area (Å²) in [5.74, 6) is 0.640. The first-order valence-electron chi connectivity index (χ1n) is 6.49. The molecule has 0 radical (unpaired) electrons. The molecule has 0 saturated heterocycles. The number of aliphatic hydroxyl groups excluding tert-OH is 1. The van der Waals surface area contributed by atoms with Gasteiger partial charge in [0.1, 0.15) is 5.82 Å². The summed E-state index contributed by atoms with van der Waals surface area (Å²) in [6.07, 6.45) is 7.93. The number of pyridine rings is 1. The van der Waals surface area contributed by atoms with Gasteiger partial charge in [-0.05, 0) is 30.7 Å². The van der Waals surface area contributed by atoms with E-state index >= 15 is 0 Å². The molecule has 0 unspecified atom stereocenters. The predicted octanol–water partition coefficient (Wildman–Crippen LogP) is 3.47. The fourth-order valence-electron chi connectivity index (χ4n) is 2.93. The number of nitrogens with zero attached hydrogens (tertiary/aromatic N) is 1. The van der Waals surface area contributed by atoms with E-state index in [9.17, 15) is 9.50 Å². The highest BCUT2D eigenvalue weighted by Gasteiger charge is 2.30. The van der Waals surface area contributed by atoms with Crippen LogP contribution < -0.4 is 0 Å². The van der Waals surface area contributed by atoms with Gasteiger partial charge in [0.05, 0.1) is 12.3 Å². The van der Waals surface area contributed by atoms with Crippen LogP contribution in [0.4, 0.5) is 4.39 Å². The predicted molar refractivity (Wildman–Crippen MR) is 64.9 cm³/mol. The summed E-state index contributed by atoms with van der Waals surface area (Å²) in [7, 11) is 0. The number of aromatic nitrogens is 1. The van der Waals surface area contributed by atoms with Crippen molar-refractivity contribution in [1.29, 1.82) is 0 Å². The lowest BCUT2D eigenvalue weighted by molar-refractivity contribution is 0.108. The van der Waals surface area contributed by atoms with Gasteiger partial charge in [-0.1, -0.05) is 26.2 Å². The Labute approximate surface area is 102 Å². The standard InChI is InChI=1S/C14H20FNO/c1-2-3-10-4-5-11(6-10)14(17)12-7-13(15)9-16-8-12/h7-11,14,17H,2-6H2,1H3/t10-,11+,14+/m1/s1. The molecule has 1 heterocycles. The first-order valence-corrected chi connectivity index (χ1v) is 6.49. The second-order valence-corrected chi connectivity index (χ2v) is 5.11. The Bertz CT molecular complexity index is 369. The monoisotopic (exact) mass is 237 g/mol. The van der Waals surface area contributed by atoms with Crippen molar-refractivity contribution in [3.8, 4) is 0 Å². The summed E-state index contributed by atoms with van der Waals surface area (Å²) in [5, 5.41) is 10.2. The normalized spacial score (nSPS) is 26.1. The topological polar surface area (TPSA) is 33.1 Å². The average molecular weight is 237 g/mol. The molecule has 0 amide bonds. The quantitative estimate of drug-likeness (QED) is 0.869. The summed E-state index contributed by atoms with van der Waals surface area (Å²) in [4.78, 5) is 3.80. The summed E-state index contributed by atoms with van der Waals surface area (Å²) in [6.45, 7) is 2.19. The maximum absolute atomic E-state index is 13.0. The summed E-state index contributed by atoms with van der Waals surface area (Å²) in [5.41, 5.74) is 0.618. The van der Waals surface area contributed by atoms with E-state index in [4.69, 9.17) is 0 Å². The van der Waals surface area contributed by atoms with Gasteiger partial charge in [0.25, 0.3) is 0 Å². The highest BCUT2D eigenvalue weighted by atomic mass is 19.1. The van der Waals surface area contributed by atoms with E-state index in [1.165, 1.54) is 31.5 Å². The molecular formula is C14H20FNO. The van der Waals surface area contributed by atoms with Crippen LogP contribution in [0.25, 0.3) is 0 Å². The average Bonchev–Trinajstić information content (AvgIpc) is 2.77. The minimum absolute atomic E-state index is 0.273. The molecule has 0 aromatic carbocycles. The summed E-state index contributed by atoms with van der Waals surface area (Å²) in [6, 6.07) is 1.39. The van der Waals surface area contributed by atoms with E-state index in [0.717, 1.165) is 18.8 Å². The molecule has 2 rings (SSSR count). The van der Waals surface area contributed by atoms with Gasteiger partial charge in [-0.3, -0.25) is 4.98 Å². The van der Waals surface area contributed by atoms with Gasteiger partial charge in [0, 0.05) is 11.8 Å². The second kappa shape index (κ2) is 5.58. The van der Waals surface area contributed by atoms with Crippen LogP contribution >= 0.6 is 0 Å². The fraction of sp³-hybridized carbons (Fsp3) is 0.643. The second-order valence-electron chi connectivity index (χ2n) is 5.11. The van der Waals surface area contributed by atoms with Gasteiger partial charge >= 0.3 is 0 Å². The van der Waals surface area contributed by atoms with E-state index in [1.807, 2.05) is 0 Å². The number of halogens is 1. The number of hydrogen-bond acceptors (Lipinski definition) is 2. The van der Waals surface area contributed by atoms with Gasteiger partial charge in [0.15, 0.2) is 0 Å². The zero-order chi connectivity index (χ0) is 12.3. The van der Waals surface area contributed by atoms with Crippen LogP contribution in [0.2, 0.25) is 0 Å². The van der Waals surface area contributed by atoms with E-state index in [-0.39, 0.29) is 11.7 Å². The Morgan fingerprint density at radius 2 is 2.29 bits per heavy atom. The minimum Gasteiger partial charge on any atom is -0.388 e. The van der Waals surface area contributed by atoms with Gasteiger partial charge < -0.3 is 5.11 Å². The lowest BCUT2D eigenvalue weighted by Gasteiger charge is -2.18. The van der Waals surface area contributed by atoms with Gasteiger partial charge in [0.2, 0.25) is 0 Å². The smallest absolute Gasteiger partial charge is 0.141 e. The molecule has 0 aliphatic heterocycles. The highest BCUT2D eigenvalue weighted by Crippen LogP contribution is 2.40. The third kappa shape index (κ3) is 3.03. The Morgan fingerprint density at radius 3 is 3.00 bits per heavy atom. The largest absolute Gasteiger partial charge is 0.388 e. The van der Waals surface area contributed by atoms with Crippen molar-refractivity contribution in [2.24, 2.45) is 11.8 Å². The van der Waals surface area contributed by atoms with Crippen LogP contribution in [-0.4, -0.2) is 10.1 Å². The lowest BCUT2D eigenvalue weighted by atomic mass is 9.93. The Kier molecular flexibility index (Phi) is 4.11. The number of hydrogen-bond donors (Lipinski definition) is 1. The first-order chi connectivity index (χ1) is 8.20. The van der Waals surface area contributed by atoms with Crippen molar-refractivity contribution < 1.29 is 9.50 Å². The molecule has 1 aliphatic rings. The number of rotatable bonds is 4. The zero-order valence-electron chi connectivity index (χ0n) is 10.3. The van der Waals surface area contributed by atoms with E-state index in [1.54, 1.807) is 6.20 Å². The van der Waals surface area contributed by atoms with E-state index in [0.29, 0.717) is 5.56 Å². The first kappa shape index (κ1) is 12.5. The van der Waals surface area contributed by atoms with Crippen molar-refractivity contribution in [2.45, 2.75) is 45.1 Å². The molecule has 1 aromatic heterocycles. The van der Waals surface area contributed by atoms with Gasteiger partial charge in [-0.2, -0.15) is 0 Å². The summed E-state index contributed by atoms with van der Waals surface area (Å²) < 4.78 is 13.0. The molecule has 17 heavy (non-hydrogen) atoms. The van der Waals surface area contributed by atoms with Crippen LogP contribution in [-0.2, 0) is 0 Å². The minimum atomic E-state index is -0.556. The maximum atomic E-state index is 13.0. The van der Waals surface area contributed by atoms with Crippen molar-refractivity contribution in [3.05, 3.63) is 29.8 Å². The van der Waals surface area contributed by atoms with Crippen LogP contribution in [0.1, 0.15) is 50.7 Å². The fourth-order valence-corrected chi connectivity index (χ4v) is 2.93. The molecule has 0 bridgehead atoms. The Morgan fingerprint density at radius 1 is 1.47 bits per heavy atom. The van der Waals surface area contributed by atoms with Gasteiger partial charge in [-0.15, -0.1) is 0 Å². The molecule has 1 fully saturated rings. The molecule has 1 aliphatic carbocycles. The number of aliphatic hydroxyl groups is 1. The molecule has 1 saturated carbocycles. The van der Waals surface area contributed by atoms with Gasteiger partial charge in [-0.25, -0.2) is 4.39 Å². The van der Waals surface area contributed by atoms with Crippen LogP contribution in [0.5, 0.6) is 0 Å². The lowest BCUT2D eigenvalue weighted by Crippen LogP contribution is -2.10. The third-order valence-electron chi connectivity index (χ3n) is 3.79. The van der Waals surface area contributed by atoms with E-state index < -0.39 is 6.10 Å². The molecule has 3 atom stereocenters. The van der Waals surface area contributed by atoms with Crippen LogP contribution in [0.15, 0.2) is 18.5 Å². The molecular weight excluding hydrogens is 217 g/mol. The van der Waals surface area contributed by atoms with Crippen molar-refractivity contribution in [2.75, 3.05) is 0 Å². The SMILES string of the molecule is CCC[C@@H]1CC[C@H]([C@H](O)c2cncc(F)c2)C1. The van der Waals surface area contributed by atoms with Crippen molar-refractivity contribution >= 4 is 0 Å². The summed E-state index contributed by atoms with van der Waals surface area (Å²) >= 11 is 0. The van der Waals surface area contributed by atoms with Crippen LogP contribution in [0.3, 0.4) is 0 Å². The van der Waals surface area contributed by atoms with Crippen molar-refractivity contribution in [3.63, 3.8) is 0 Å². The molecule has 0 spiro atoms. The molecule has 2 nitrogen and oxygen atoms in total. The van der Waals surface area contributed by atoms with Crippen molar-refractivity contribution in [1.82, 2.24) is 4.98 Å². The Hall–Kier alpha value is -0.960. The molecule has 1 N–H and O–H groups in total. The van der Waals surface area contributed by atoms with Crippen LogP contribution in [0, 0.1) is 17.7 Å². The highest BCUT2D eigenvalue weighted by molar-refractivity contribution is 5.14. The molecule has 3 heteroatoms. The Balaban J connectivity index is 1.99.